The smallest absolute Gasteiger partial charge is 0.280 e. The van der Waals surface area contributed by atoms with Gasteiger partial charge in [-0.25, -0.2) is 5.43 Å². The Balaban J connectivity index is 1.26. The summed E-state index contributed by atoms with van der Waals surface area (Å²) in [6.07, 6.45) is 6.84. The van der Waals surface area contributed by atoms with E-state index in [1.54, 1.807) is 12.1 Å². The van der Waals surface area contributed by atoms with Crippen LogP contribution in [0.4, 0.5) is 0 Å². The molecule has 3 atom stereocenters. The van der Waals surface area contributed by atoms with Crippen molar-refractivity contribution in [1.82, 2.24) is 26.1 Å². The summed E-state index contributed by atoms with van der Waals surface area (Å²) in [6.45, 7) is 0.226. The highest BCUT2D eigenvalue weighted by molar-refractivity contribution is 6.20. The van der Waals surface area contributed by atoms with Gasteiger partial charge < -0.3 is 5.32 Å². The van der Waals surface area contributed by atoms with Crippen LogP contribution in [0.15, 0.2) is 18.3 Å². The number of carbonyl (C=O) groups excluding carboxylic acids is 3. The lowest BCUT2D eigenvalue weighted by Crippen LogP contribution is -2.47. The number of rotatable bonds is 5. The van der Waals surface area contributed by atoms with Crippen molar-refractivity contribution in [1.29, 1.82) is 0 Å². The van der Waals surface area contributed by atoms with E-state index < -0.39 is 0 Å². The number of pyridine rings is 1. The van der Waals surface area contributed by atoms with Crippen LogP contribution in [-0.2, 0) is 4.79 Å². The molecule has 8 heteroatoms. The lowest BCUT2D eigenvalue weighted by atomic mass is 9.84. The number of fused-ring (bicyclic) bond motifs is 2. The van der Waals surface area contributed by atoms with E-state index in [-0.39, 0.29) is 42.5 Å². The number of hydrazine groups is 1. The molecule has 26 heavy (non-hydrogen) atoms. The number of carbonyl (C=O) groups is 3. The lowest BCUT2D eigenvalue weighted by Gasteiger charge is -2.27. The molecular formula is C18H23N5O3. The third-order valence-corrected chi connectivity index (χ3v) is 5.50. The molecule has 1 aromatic rings. The van der Waals surface area contributed by atoms with Gasteiger partial charge in [-0.1, -0.05) is 12.8 Å². The highest BCUT2D eigenvalue weighted by Gasteiger charge is 2.38. The van der Waals surface area contributed by atoms with Gasteiger partial charge in [0.05, 0.1) is 11.7 Å². The molecule has 3 N–H and O–H groups in total. The van der Waals surface area contributed by atoms with Gasteiger partial charge in [-0.05, 0) is 31.4 Å². The second kappa shape index (κ2) is 7.13. The van der Waals surface area contributed by atoms with Crippen LogP contribution in [-0.4, -0.2) is 46.4 Å². The van der Waals surface area contributed by atoms with E-state index in [4.69, 9.17) is 0 Å². The molecule has 0 aromatic carbocycles. The Morgan fingerprint density at radius 2 is 2.08 bits per heavy atom. The highest BCUT2D eigenvalue weighted by atomic mass is 16.2. The monoisotopic (exact) mass is 357 g/mol. The van der Waals surface area contributed by atoms with Crippen molar-refractivity contribution in [2.24, 2.45) is 5.92 Å². The molecule has 138 valence electrons. The van der Waals surface area contributed by atoms with Crippen molar-refractivity contribution >= 4 is 17.7 Å². The molecule has 3 unspecified atom stereocenters. The largest absolute Gasteiger partial charge is 0.339 e. The second-order valence-corrected chi connectivity index (χ2v) is 7.15. The summed E-state index contributed by atoms with van der Waals surface area (Å²) in [4.78, 5) is 41.9. The van der Waals surface area contributed by atoms with Crippen molar-refractivity contribution in [3.63, 3.8) is 0 Å². The Morgan fingerprint density at radius 3 is 2.92 bits per heavy atom. The molecule has 1 saturated heterocycles. The number of amides is 3. The zero-order valence-electron chi connectivity index (χ0n) is 14.5. The fourth-order valence-electron chi connectivity index (χ4n) is 4.14. The first-order valence-electron chi connectivity index (χ1n) is 9.27. The summed E-state index contributed by atoms with van der Waals surface area (Å²) >= 11 is 0. The van der Waals surface area contributed by atoms with Gasteiger partial charge in [-0.15, -0.1) is 0 Å². The summed E-state index contributed by atoms with van der Waals surface area (Å²) in [6, 6.07) is 3.68. The molecule has 0 radical (unpaired) electrons. The maximum Gasteiger partial charge on any atom is 0.280 e. The van der Waals surface area contributed by atoms with E-state index in [0.29, 0.717) is 23.9 Å². The first kappa shape index (κ1) is 17.1. The maximum absolute atomic E-state index is 12.3. The summed E-state index contributed by atoms with van der Waals surface area (Å²) in [7, 11) is 0. The molecule has 0 spiro atoms. The minimum absolute atomic E-state index is 0.0451. The van der Waals surface area contributed by atoms with Crippen LogP contribution in [0, 0.1) is 5.92 Å². The van der Waals surface area contributed by atoms with Gasteiger partial charge in [-0.3, -0.25) is 29.7 Å². The topological polar surface area (TPSA) is 103 Å². The number of hydrogen-bond acceptors (Lipinski definition) is 6. The predicted molar refractivity (Wildman–Crippen MR) is 92.8 cm³/mol. The van der Waals surface area contributed by atoms with Crippen LogP contribution in [0.1, 0.15) is 59.4 Å². The Hall–Kier alpha value is -2.32. The molecule has 1 aliphatic carbocycles. The Kier molecular flexibility index (Phi) is 4.69. The number of nitrogens with zero attached hydrogens (tertiary/aromatic N) is 2. The average Bonchev–Trinajstić information content (AvgIpc) is 3.17. The lowest BCUT2D eigenvalue weighted by molar-refractivity contribution is -0.122. The van der Waals surface area contributed by atoms with E-state index in [9.17, 15) is 14.4 Å². The van der Waals surface area contributed by atoms with Gasteiger partial charge in [0.2, 0.25) is 5.91 Å². The van der Waals surface area contributed by atoms with Crippen LogP contribution in [0.25, 0.3) is 0 Å². The van der Waals surface area contributed by atoms with E-state index in [1.807, 2.05) is 0 Å². The average molecular weight is 357 g/mol. The summed E-state index contributed by atoms with van der Waals surface area (Å²) in [5.74, 6) is -0.344. The van der Waals surface area contributed by atoms with E-state index >= 15 is 0 Å². The zero-order valence-corrected chi connectivity index (χ0v) is 14.5. The van der Waals surface area contributed by atoms with Crippen molar-refractivity contribution in [3.8, 4) is 0 Å². The van der Waals surface area contributed by atoms with Gasteiger partial charge in [-0.2, -0.15) is 0 Å². The molecule has 3 amide bonds. The van der Waals surface area contributed by atoms with Gasteiger partial charge in [0.25, 0.3) is 11.8 Å². The molecule has 8 nitrogen and oxygen atoms in total. The maximum atomic E-state index is 12.3. The standard InChI is InChI=1S/C18H23N5O3/c24-14(20-16-11-5-1-2-7-13(11)21-22-16)8-4-10-23-17(25)12-6-3-9-19-15(12)18(23)26/h3,6,9,11,13,16,21-22H,1-2,4-5,7-8,10H2,(H,20,24). The molecule has 4 rings (SSSR count). The van der Waals surface area contributed by atoms with Crippen LogP contribution < -0.4 is 16.2 Å². The molecule has 1 saturated carbocycles. The summed E-state index contributed by atoms with van der Waals surface area (Å²) < 4.78 is 0. The first-order chi connectivity index (χ1) is 12.6. The van der Waals surface area contributed by atoms with Gasteiger partial charge >= 0.3 is 0 Å². The molecule has 0 bridgehead atoms. The molecule has 2 fully saturated rings. The molecule has 3 aliphatic rings. The van der Waals surface area contributed by atoms with Gasteiger partial charge in [0.1, 0.15) is 5.69 Å². The van der Waals surface area contributed by atoms with Crippen LogP contribution in [0.5, 0.6) is 0 Å². The van der Waals surface area contributed by atoms with Crippen molar-refractivity contribution in [2.45, 2.75) is 50.7 Å². The molecular weight excluding hydrogens is 334 g/mol. The Bertz CT molecular complexity index is 702. The molecule has 3 heterocycles. The highest BCUT2D eigenvalue weighted by Crippen LogP contribution is 2.29. The summed E-state index contributed by atoms with van der Waals surface area (Å²) in [5.41, 5.74) is 6.99. The van der Waals surface area contributed by atoms with Crippen molar-refractivity contribution in [3.05, 3.63) is 29.6 Å². The SMILES string of the molecule is O=C(CCCN1C(=O)c2cccnc2C1=O)NC1NNC2CCCCC21. The summed E-state index contributed by atoms with van der Waals surface area (Å²) in [5, 5.41) is 3.03. The van der Waals surface area contributed by atoms with Crippen LogP contribution >= 0.6 is 0 Å². The van der Waals surface area contributed by atoms with E-state index in [0.717, 1.165) is 12.8 Å². The zero-order chi connectivity index (χ0) is 18.1. The van der Waals surface area contributed by atoms with Crippen LogP contribution in [0.3, 0.4) is 0 Å². The van der Waals surface area contributed by atoms with Gasteiger partial charge in [0, 0.05) is 31.1 Å². The third-order valence-electron chi connectivity index (χ3n) is 5.50. The Morgan fingerprint density at radius 1 is 1.23 bits per heavy atom. The van der Waals surface area contributed by atoms with Crippen molar-refractivity contribution in [2.75, 3.05) is 6.54 Å². The third kappa shape index (κ3) is 3.10. The minimum Gasteiger partial charge on any atom is -0.339 e. The number of imide groups is 1. The predicted octanol–water partition coefficient (Wildman–Crippen LogP) is 0.567. The van der Waals surface area contributed by atoms with Crippen molar-refractivity contribution < 1.29 is 14.4 Å². The van der Waals surface area contributed by atoms with Gasteiger partial charge in [0.15, 0.2) is 0 Å². The number of hydrogen-bond donors (Lipinski definition) is 3. The minimum atomic E-state index is -0.377. The fraction of sp³-hybridized carbons (Fsp3) is 0.556. The quantitative estimate of drug-likeness (QED) is 0.666. The second-order valence-electron chi connectivity index (χ2n) is 7.15. The van der Waals surface area contributed by atoms with E-state index in [2.05, 4.69) is 21.2 Å². The normalized spacial score (nSPS) is 27.4. The number of nitrogens with one attached hydrogen (secondary N) is 3. The number of aromatic nitrogens is 1. The Labute approximate surface area is 151 Å². The fourth-order valence-corrected chi connectivity index (χ4v) is 4.14. The first-order valence-corrected chi connectivity index (χ1v) is 9.27. The van der Waals surface area contributed by atoms with E-state index in [1.165, 1.54) is 23.9 Å². The van der Waals surface area contributed by atoms with Crippen LogP contribution in [0.2, 0.25) is 0 Å². The molecule has 2 aliphatic heterocycles. The molecule has 1 aromatic heterocycles.